The summed E-state index contributed by atoms with van der Waals surface area (Å²) in [7, 11) is -2.55. The highest BCUT2D eigenvalue weighted by atomic mass is 35.5. The largest absolute Gasteiger partial charge is 0.744 e. The molecule has 0 aliphatic carbocycles. The number of hydrogen-bond acceptors (Lipinski definition) is 7. The fraction of sp³-hybridized carbons (Fsp3) is 0.392. The number of carbonyl (C=O) groups is 2. The minimum Gasteiger partial charge on any atom is -0.744 e. The molecule has 0 amide bonds. The molecular weight excluding hydrogens is 834 g/mol. The van der Waals surface area contributed by atoms with Gasteiger partial charge in [-0.3, -0.25) is 14.5 Å². The van der Waals surface area contributed by atoms with Crippen LogP contribution in [0.5, 0.6) is 0 Å². The quantitative estimate of drug-likeness (QED) is 0.0639. The zero-order chi connectivity index (χ0) is 45.4. The third-order valence-electron chi connectivity index (χ3n) is 13.0. The number of allylic oxidation sites excluding steroid dienone is 4. The van der Waals surface area contributed by atoms with Gasteiger partial charge in [-0.1, -0.05) is 73.8 Å². The second-order valence-electron chi connectivity index (χ2n) is 18.4. The zero-order valence-electron chi connectivity index (χ0n) is 37.1. The first-order valence-corrected chi connectivity index (χ1v) is 23.7. The van der Waals surface area contributed by atoms with E-state index >= 15 is 0 Å². The Labute approximate surface area is 376 Å². The normalized spacial score (nSPS) is 18.8. The first-order valence-electron chi connectivity index (χ1n) is 21.9. The molecule has 10 nitrogen and oxygen atoms in total. The molecule has 0 unspecified atom stereocenters. The number of halogens is 1. The lowest BCUT2D eigenvalue weighted by atomic mass is 9.78. The van der Waals surface area contributed by atoms with E-state index < -0.39 is 27.5 Å². The van der Waals surface area contributed by atoms with Crippen molar-refractivity contribution in [1.82, 2.24) is 4.90 Å². The summed E-state index contributed by atoms with van der Waals surface area (Å²) in [6.07, 6.45) is 13.3. The number of hydrogen-bond donors (Lipinski definition) is 2. The highest BCUT2D eigenvalue weighted by molar-refractivity contribution is 7.85. The highest BCUT2D eigenvalue weighted by Crippen LogP contribution is 2.51. The fourth-order valence-corrected chi connectivity index (χ4v) is 10.7. The van der Waals surface area contributed by atoms with Crippen LogP contribution in [0.25, 0.3) is 21.5 Å². The van der Waals surface area contributed by atoms with Crippen molar-refractivity contribution >= 4 is 72.3 Å². The van der Waals surface area contributed by atoms with Gasteiger partial charge in [0.2, 0.25) is 5.69 Å². The minimum absolute atomic E-state index is 0.120. The third kappa shape index (κ3) is 9.44. The fourth-order valence-electron chi connectivity index (χ4n) is 9.96. The Kier molecular flexibility index (Phi) is 13.3. The SMILES string of the molecule is Cc1ccc2c3c(ccc2c1)[N+](CCCCCC(=O)O)=C(/C=C/C1=C(Cl)C(=C/C=C2/N(CCCCCC(=O)O)c4ccc5cc(S(=O)(=O)[O-])ccc5c4C2(C)C)/CN(C)C1)C3(C)C. The number of carboxylic acid groups (broad SMARTS) is 2. The van der Waals surface area contributed by atoms with Gasteiger partial charge in [0.05, 0.1) is 10.3 Å². The van der Waals surface area contributed by atoms with Crippen molar-refractivity contribution in [3.8, 4) is 0 Å². The molecule has 7 rings (SSSR count). The van der Waals surface area contributed by atoms with Crippen molar-refractivity contribution < 1.29 is 37.3 Å². The van der Waals surface area contributed by atoms with E-state index in [4.69, 9.17) is 11.6 Å². The standard InChI is InChI=1S/C51H58ClN3O7S/c1-33-15-21-39-34(29-33)16-23-41-47(39)50(2,3)43(54(41)27-11-7-9-13-45(56)57)25-18-36-31-53(6)32-37(49(36)52)19-26-44-51(4,5)48-40-22-20-38(63(60,61)62)30-35(40)17-24-42(48)55(44)28-12-8-10-14-46(58)59/h15-26,29-30H,7-14,27-28,31-32H2,1-6H3,(H2-,56,57,58,59,60,61,62). The maximum absolute atomic E-state index is 11.9. The molecule has 0 saturated heterocycles. The smallest absolute Gasteiger partial charge is 0.303 e. The Morgan fingerprint density at radius 1 is 0.794 bits per heavy atom. The molecule has 0 saturated carbocycles. The van der Waals surface area contributed by atoms with Gasteiger partial charge in [-0.25, -0.2) is 8.42 Å². The molecule has 0 radical (unpaired) electrons. The van der Waals surface area contributed by atoms with Gasteiger partial charge in [-0.2, -0.15) is 4.58 Å². The molecule has 63 heavy (non-hydrogen) atoms. The predicted molar refractivity (Wildman–Crippen MR) is 252 cm³/mol. The van der Waals surface area contributed by atoms with Crippen LogP contribution in [0, 0.1) is 6.92 Å². The van der Waals surface area contributed by atoms with Crippen LogP contribution in [0.2, 0.25) is 0 Å². The Bertz CT molecular complexity index is 2780. The van der Waals surface area contributed by atoms with E-state index in [1.807, 2.05) is 12.1 Å². The van der Waals surface area contributed by atoms with Crippen LogP contribution in [0.15, 0.2) is 112 Å². The number of likely N-dealkylation sites (N-methyl/N-ethyl adjacent to an activating group) is 1. The lowest BCUT2D eigenvalue weighted by molar-refractivity contribution is -0.438. The van der Waals surface area contributed by atoms with Crippen LogP contribution in [0.3, 0.4) is 0 Å². The van der Waals surface area contributed by atoms with E-state index in [0.29, 0.717) is 42.9 Å². The van der Waals surface area contributed by atoms with Gasteiger partial charge in [0.15, 0.2) is 5.71 Å². The van der Waals surface area contributed by atoms with Gasteiger partial charge in [-0.15, -0.1) is 0 Å². The Balaban J connectivity index is 1.26. The van der Waals surface area contributed by atoms with Gasteiger partial charge in [0.1, 0.15) is 16.7 Å². The first kappa shape index (κ1) is 45.9. The summed E-state index contributed by atoms with van der Waals surface area (Å²) in [5.41, 5.74) is 9.01. The molecule has 3 aliphatic rings. The number of aliphatic carboxylic acids is 2. The van der Waals surface area contributed by atoms with Crippen molar-refractivity contribution in [2.75, 3.05) is 38.1 Å². The van der Waals surface area contributed by atoms with Gasteiger partial charge < -0.3 is 19.7 Å². The highest BCUT2D eigenvalue weighted by Gasteiger charge is 2.46. The number of rotatable bonds is 16. The Morgan fingerprint density at radius 3 is 2.14 bits per heavy atom. The maximum Gasteiger partial charge on any atom is 0.303 e. The van der Waals surface area contributed by atoms with Crippen molar-refractivity contribution in [1.29, 1.82) is 0 Å². The van der Waals surface area contributed by atoms with Crippen LogP contribution in [-0.2, 0) is 30.5 Å². The average molecular weight is 893 g/mol. The van der Waals surface area contributed by atoms with E-state index in [1.165, 1.54) is 45.4 Å². The van der Waals surface area contributed by atoms with E-state index in [-0.39, 0.29) is 23.2 Å². The second-order valence-corrected chi connectivity index (χ2v) is 20.2. The number of aryl methyl sites for hydroxylation is 1. The molecule has 0 aromatic heterocycles. The monoisotopic (exact) mass is 891 g/mol. The first-order chi connectivity index (χ1) is 29.8. The number of anilines is 1. The van der Waals surface area contributed by atoms with Gasteiger partial charge in [0.25, 0.3) is 0 Å². The number of carboxylic acids is 2. The van der Waals surface area contributed by atoms with Crippen LogP contribution >= 0.6 is 11.6 Å². The van der Waals surface area contributed by atoms with E-state index in [1.54, 1.807) is 6.07 Å². The number of benzene rings is 4. The summed E-state index contributed by atoms with van der Waals surface area (Å²) in [6.45, 7) is 13.7. The zero-order valence-corrected chi connectivity index (χ0v) is 38.7. The number of unbranched alkanes of at least 4 members (excludes halogenated alkanes) is 4. The number of fused-ring (bicyclic) bond motifs is 6. The molecule has 0 spiro atoms. The van der Waals surface area contributed by atoms with Crippen molar-refractivity contribution in [3.63, 3.8) is 0 Å². The minimum atomic E-state index is -4.63. The predicted octanol–water partition coefficient (Wildman–Crippen LogP) is 10.5. The lowest BCUT2D eigenvalue weighted by Gasteiger charge is -2.28. The molecule has 0 bridgehead atoms. The molecule has 4 aromatic rings. The van der Waals surface area contributed by atoms with Crippen molar-refractivity contribution in [2.45, 2.75) is 102 Å². The molecular formula is C51H58ClN3O7S. The van der Waals surface area contributed by atoms with Crippen LogP contribution in [0.4, 0.5) is 11.4 Å². The molecule has 3 heterocycles. The van der Waals surface area contributed by atoms with Crippen molar-refractivity contribution in [2.24, 2.45) is 0 Å². The molecule has 4 aromatic carbocycles. The van der Waals surface area contributed by atoms with Crippen molar-refractivity contribution in [3.05, 3.63) is 124 Å². The summed E-state index contributed by atoms with van der Waals surface area (Å²) in [5.74, 6) is -1.57. The van der Waals surface area contributed by atoms with Gasteiger partial charge in [0, 0.05) is 78.4 Å². The molecule has 0 fully saturated rings. The molecule has 12 heteroatoms. The summed E-state index contributed by atoms with van der Waals surface area (Å²) < 4.78 is 38.2. The molecule has 332 valence electrons. The van der Waals surface area contributed by atoms with Gasteiger partial charge in [-0.05, 0) is 128 Å². The van der Waals surface area contributed by atoms with Crippen LogP contribution < -0.4 is 4.90 Å². The topological polar surface area (TPSA) is 141 Å². The summed E-state index contributed by atoms with van der Waals surface area (Å²) >= 11 is 7.39. The van der Waals surface area contributed by atoms with E-state index in [9.17, 15) is 32.8 Å². The van der Waals surface area contributed by atoms with E-state index in [2.05, 4.69) is 111 Å². The molecule has 0 atom stereocenters. The van der Waals surface area contributed by atoms with Crippen LogP contribution in [0.1, 0.15) is 95.8 Å². The van der Waals surface area contributed by atoms with E-state index in [0.717, 1.165) is 65.7 Å². The summed E-state index contributed by atoms with van der Waals surface area (Å²) in [5, 5.41) is 23.1. The van der Waals surface area contributed by atoms with Crippen LogP contribution in [-0.4, -0.2) is 83.5 Å². The Hall–Kier alpha value is -5.07. The Morgan fingerprint density at radius 2 is 1.44 bits per heavy atom. The second kappa shape index (κ2) is 18.2. The summed E-state index contributed by atoms with van der Waals surface area (Å²) in [4.78, 5) is 26.7. The van der Waals surface area contributed by atoms with Gasteiger partial charge >= 0.3 is 11.9 Å². The lowest BCUT2D eigenvalue weighted by Crippen LogP contribution is -2.30. The summed E-state index contributed by atoms with van der Waals surface area (Å²) in [6, 6.07) is 19.5. The molecule has 2 N–H and O–H groups in total. The average Bonchev–Trinajstić information content (AvgIpc) is 3.57. The molecule has 3 aliphatic heterocycles. The third-order valence-corrected chi connectivity index (χ3v) is 14.3. The maximum atomic E-state index is 11.9. The number of nitrogens with zero attached hydrogens (tertiary/aromatic N) is 3.